The Balaban J connectivity index is 0.861. The van der Waals surface area contributed by atoms with Gasteiger partial charge >= 0.3 is 0 Å². The van der Waals surface area contributed by atoms with Crippen molar-refractivity contribution in [2.45, 2.75) is 83.0 Å². The van der Waals surface area contributed by atoms with Crippen molar-refractivity contribution < 1.29 is 0 Å². The van der Waals surface area contributed by atoms with Crippen LogP contribution >= 0.6 is 0 Å². The summed E-state index contributed by atoms with van der Waals surface area (Å²) in [7, 11) is 0. The summed E-state index contributed by atoms with van der Waals surface area (Å²) in [5.74, 6) is 3.58. The van der Waals surface area contributed by atoms with Gasteiger partial charge in [0.2, 0.25) is 0 Å². The fourth-order valence-corrected chi connectivity index (χ4v) is 18.2. The number of fused-ring (bicyclic) bond motifs is 11. The maximum Gasteiger partial charge on any atom is 0.0547 e. The van der Waals surface area contributed by atoms with Crippen molar-refractivity contribution in [2.24, 2.45) is 35.0 Å². The SMILES string of the molecule is CC(C)(C)c1cc(C2=CC=CC3=CC=CC(c4ccccc4N(c4cccc(-c5cccc6c5c5ccccc5n6-c5ccccc5)c4)c4ccccc4-c4ccc5c(c4)C4(c6ccccc6-5)C5CC6CC7CC4C675)C32)cc(C(C)(C)C)c1. The van der Waals surface area contributed by atoms with Gasteiger partial charge in [0.25, 0.3) is 0 Å². The summed E-state index contributed by atoms with van der Waals surface area (Å²) >= 11 is 0. The van der Waals surface area contributed by atoms with E-state index < -0.39 is 0 Å². The highest BCUT2D eigenvalue weighted by Gasteiger charge is 2.90. The second-order valence-corrected chi connectivity index (χ2v) is 27.6. The van der Waals surface area contributed by atoms with E-state index in [1.54, 1.807) is 11.1 Å². The molecule has 7 aliphatic carbocycles. The van der Waals surface area contributed by atoms with Crippen LogP contribution in [0.5, 0.6) is 0 Å². The zero-order chi connectivity index (χ0) is 55.7. The predicted molar refractivity (Wildman–Crippen MR) is 347 cm³/mol. The molecular formula is C81H70N2. The van der Waals surface area contributed by atoms with Crippen LogP contribution in [0, 0.1) is 35.0 Å². The van der Waals surface area contributed by atoms with Crippen LogP contribution in [0.4, 0.5) is 17.1 Å². The van der Waals surface area contributed by atoms with Crippen LogP contribution in [0.25, 0.3) is 66.4 Å². The highest BCUT2D eigenvalue weighted by Crippen LogP contribution is 2.95. The first-order valence-corrected chi connectivity index (χ1v) is 30.8. The molecule has 0 aliphatic heterocycles. The summed E-state index contributed by atoms with van der Waals surface area (Å²) < 4.78 is 2.44. The Morgan fingerprint density at radius 3 is 1.92 bits per heavy atom. The third-order valence-electron chi connectivity index (χ3n) is 21.8. The molecule has 0 radical (unpaired) electrons. The molecule has 1 heterocycles. The quantitative estimate of drug-likeness (QED) is 0.147. The van der Waals surface area contributed by atoms with E-state index in [1.165, 1.54) is 119 Å². The third kappa shape index (κ3) is 6.73. The van der Waals surface area contributed by atoms with Crippen LogP contribution in [-0.4, -0.2) is 4.57 Å². The fourth-order valence-electron chi connectivity index (χ4n) is 18.2. The molecule has 17 rings (SSSR count). The topological polar surface area (TPSA) is 8.17 Å². The van der Waals surface area contributed by atoms with Crippen molar-refractivity contribution >= 4 is 44.4 Å². The second-order valence-electron chi connectivity index (χ2n) is 27.6. The molecule has 1 aromatic heterocycles. The van der Waals surface area contributed by atoms with Crippen LogP contribution < -0.4 is 4.90 Å². The number of hydrogen-bond acceptors (Lipinski definition) is 1. The first-order valence-electron chi connectivity index (χ1n) is 30.8. The summed E-state index contributed by atoms with van der Waals surface area (Å²) in [6.07, 6.45) is 18.5. The molecule has 2 nitrogen and oxygen atoms in total. The van der Waals surface area contributed by atoms with Crippen molar-refractivity contribution in [1.82, 2.24) is 4.57 Å². The molecule has 83 heavy (non-hydrogen) atoms. The average Bonchev–Trinajstić information content (AvgIpc) is 1.62. The van der Waals surface area contributed by atoms with Crippen molar-refractivity contribution in [3.8, 4) is 39.1 Å². The lowest BCUT2D eigenvalue weighted by atomic mass is 9.11. The maximum atomic E-state index is 2.67. The van der Waals surface area contributed by atoms with Crippen LogP contribution in [0.15, 0.2) is 248 Å². The van der Waals surface area contributed by atoms with Gasteiger partial charge in [-0.1, -0.05) is 230 Å². The zero-order valence-electron chi connectivity index (χ0n) is 48.6. The van der Waals surface area contributed by atoms with E-state index in [0.717, 1.165) is 35.0 Å². The molecule has 4 saturated carbocycles. The average molecular weight is 1070 g/mol. The van der Waals surface area contributed by atoms with Gasteiger partial charge in [-0.2, -0.15) is 0 Å². The zero-order valence-corrected chi connectivity index (χ0v) is 48.6. The summed E-state index contributed by atoms with van der Waals surface area (Å²) in [6.45, 7) is 14.1. The number of benzene rings is 9. The molecule has 0 saturated heterocycles. The number of anilines is 3. The molecular weight excluding hydrogens is 1000 g/mol. The molecule has 9 aromatic carbocycles. The van der Waals surface area contributed by atoms with Crippen molar-refractivity contribution in [2.75, 3.05) is 4.90 Å². The molecule has 10 aromatic rings. The Morgan fingerprint density at radius 2 is 1.13 bits per heavy atom. The molecule has 6 unspecified atom stereocenters. The summed E-state index contributed by atoms with van der Waals surface area (Å²) in [5.41, 5.74) is 27.0. The molecule has 0 bridgehead atoms. The van der Waals surface area contributed by atoms with Crippen molar-refractivity contribution in [3.63, 3.8) is 0 Å². The maximum absolute atomic E-state index is 2.67. The highest BCUT2D eigenvalue weighted by molar-refractivity contribution is 6.16. The minimum absolute atomic E-state index is 0.00824. The van der Waals surface area contributed by atoms with E-state index in [-0.39, 0.29) is 28.1 Å². The molecule has 7 aliphatic rings. The molecule has 404 valence electrons. The number of hydrogen-bond donors (Lipinski definition) is 0. The van der Waals surface area contributed by atoms with E-state index in [1.807, 2.05) is 0 Å². The predicted octanol–water partition coefficient (Wildman–Crippen LogP) is 21.0. The minimum atomic E-state index is -0.00824. The smallest absolute Gasteiger partial charge is 0.0547 e. The summed E-state index contributed by atoms with van der Waals surface area (Å²) in [4.78, 5) is 2.63. The molecule has 2 spiro atoms. The third-order valence-corrected chi connectivity index (χ3v) is 21.8. The Morgan fingerprint density at radius 1 is 0.482 bits per heavy atom. The van der Waals surface area contributed by atoms with Crippen molar-refractivity contribution in [3.05, 3.63) is 282 Å². The Kier molecular flexibility index (Phi) is 10.4. The largest absolute Gasteiger partial charge is 0.310 e. The van der Waals surface area contributed by atoms with Gasteiger partial charge in [0.15, 0.2) is 0 Å². The standard InChI is InChI=1S/C81H70N2/c1-78(2,3)54-42-53(43-55(46-54)79(4,5)6)62-32-19-22-50-23-20-34-66(76(50)62)65-30-12-16-37-71(65)83(59-27-18-24-51(44-59)61-33-21-39-73-77(61)67-31-13-17-38-72(67)82(73)58-25-8-7-9-26-58)70-36-15-11-28-60(70)52-40-41-64-63-29-10-14-35-68(63)81(69(64)45-52)74-48-56-47-57-49-75(81)80(56,57)74/h7-46,56-57,66,74-76H,47-49H2,1-6H3. The van der Waals surface area contributed by atoms with Crippen LogP contribution in [-0.2, 0) is 16.2 Å². The van der Waals surface area contributed by atoms with Crippen LogP contribution in [0.1, 0.15) is 100 Å². The number of allylic oxidation sites excluding steroid dienone is 8. The van der Waals surface area contributed by atoms with Crippen molar-refractivity contribution in [1.29, 1.82) is 0 Å². The van der Waals surface area contributed by atoms with Gasteiger partial charge in [0, 0.05) is 50.6 Å². The lowest BCUT2D eigenvalue weighted by molar-refractivity contribution is -0.412. The molecule has 6 atom stereocenters. The van der Waals surface area contributed by atoms with Gasteiger partial charge in [-0.25, -0.2) is 0 Å². The molecule has 0 amide bonds. The number of aromatic nitrogens is 1. The van der Waals surface area contributed by atoms with Gasteiger partial charge in [0.1, 0.15) is 0 Å². The highest BCUT2D eigenvalue weighted by atomic mass is 15.1. The van der Waals surface area contributed by atoms with Crippen LogP contribution in [0.3, 0.4) is 0 Å². The van der Waals surface area contributed by atoms with E-state index in [0.29, 0.717) is 5.41 Å². The summed E-state index contributed by atoms with van der Waals surface area (Å²) in [5, 5.41) is 2.52. The first kappa shape index (κ1) is 49.2. The molecule has 4 fully saturated rings. The van der Waals surface area contributed by atoms with E-state index in [4.69, 9.17) is 0 Å². The number of rotatable bonds is 8. The van der Waals surface area contributed by atoms with Gasteiger partial charge in [0.05, 0.1) is 16.7 Å². The van der Waals surface area contributed by atoms with E-state index >= 15 is 0 Å². The normalized spacial score (nSPS) is 24.7. The lowest BCUT2D eigenvalue weighted by Gasteiger charge is -2.92. The lowest BCUT2D eigenvalue weighted by Crippen LogP contribution is -2.88. The first-order chi connectivity index (χ1) is 40.4. The Labute approximate surface area is 489 Å². The number of nitrogens with zero attached hydrogens (tertiary/aromatic N) is 2. The summed E-state index contributed by atoms with van der Waals surface area (Å²) in [6, 6.07) is 79.4. The van der Waals surface area contributed by atoms with E-state index in [2.05, 4.69) is 294 Å². The van der Waals surface area contributed by atoms with Gasteiger partial charge in [-0.3, -0.25) is 0 Å². The Hall–Kier alpha value is -8.46. The van der Waals surface area contributed by atoms with Gasteiger partial charge in [-0.05, 0) is 186 Å². The van der Waals surface area contributed by atoms with Gasteiger partial charge in [-0.15, -0.1) is 0 Å². The van der Waals surface area contributed by atoms with Gasteiger partial charge < -0.3 is 9.47 Å². The molecule has 0 N–H and O–H groups in total. The van der Waals surface area contributed by atoms with Crippen LogP contribution in [0.2, 0.25) is 0 Å². The monoisotopic (exact) mass is 1070 g/mol. The molecule has 2 heteroatoms. The fraction of sp³-hybridized carbons (Fsp3) is 0.235. The number of para-hydroxylation sites is 4. The second kappa shape index (κ2) is 17.5. The van der Waals surface area contributed by atoms with E-state index in [9.17, 15) is 0 Å². The minimum Gasteiger partial charge on any atom is -0.310 e. The Bertz CT molecular complexity index is 4440.